The summed E-state index contributed by atoms with van der Waals surface area (Å²) in [5, 5.41) is 3.06. The third-order valence-corrected chi connectivity index (χ3v) is 3.38. The van der Waals surface area contributed by atoms with Crippen LogP contribution in [0.15, 0.2) is 30.3 Å². The predicted molar refractivity (Wildman–Crippen MR) is 68.6 cm³/mol. The molecule has 0 atom stereocenters. The summed E-state index contributed by atoms with van der Waals surface area (Å²) in [6.45, 7) is 0.588. The molecule has 0 unspecified atom stereocenters. The summed E-state index contributed by atoms with van der Waals surface area (Å²) in [5.41, 5.74) is 6.76. The summed E-state index contributed by atoms with van der Waals surface area (Å²) in [7, 11) is 0. The highest BCUT2D eigenvalue weighted by atomic mass is 16.1. The Kier molecular flexibility index (Phi) is 4.15. The number of hydrogen-bond acceptors (Lipinski definition) is 2. The lowest BCUT2D eigenvalue weighted by Crippen LogP contribution is -2.43. The highest BCUT2D eigenvalue weighted by molar-refractivity contribution is 5.76. The van der Waals surface area contributed by atoms with Crippen LogP contribution >= 0.6 is 0 Å². The Morgan fingerprint density at radius 3 is 2.65 bits per heavy atom. The molecule has 1 saturated carbocycles. The van der Waals surface area contributed by atoms with E-state index in [1.165, 1.54) is 5.56 Å². The normalized spacial score (nSPS) is 22.9. The van der Waals surface area contributed by atoms with Crippen LogP contribution in [0, 0.1) is 0 Å². The van der Waals surface area contributed by atoms with Gasteiger partial charge in [0.2, 0.25) is 5.91 Å². The van der Waals surface area contributed by atoms with Crippen molar-refractivity contribution in [2.45, 2.75) is 37.6 Å². The number of hydrogen-bond donors (Lipinski definition) is 2. The van der Waals surface area contributed by atoms with E-state index in [0.717, 1.165) is 19.3 Å². The second-order valence-electron chi connectivity index (χ2n) is 4.74. The van der Waals surface area contributed by atoms with Crippen LogP contribution < -0.4 is 11.1 Å². The summed E-state index contributed by atoms with van der Waals surface area (Å²) < 4.78 is 0. The van der Waals surface area contributed by atoms with Gasteiger partial charge in [0.25, 0.3) is 0 Å². The summed E-state index contributed by atoms with van der Waals surface area (Å²) >= 11 is 0. The first-order valence-electron chi connectivity index (χ1n) is 6.34. The van der Waals surface area contributed by atoms with Crippen molar-refractivity contribution in [3.63, 3.8) is 0 Å². The van der Waals surface area contributed by atoms with E-state index in [9.17, 15) is 4.79 Å². The smallest absolute Gasteiger partial charge is 0.220 e. The van der Waals surface area contributed by atoms with Gasteiger partial charge in [-0.3, -0.25) is 4.79 Å². The average molecular weight is 232 g/mol. The van der Waals surface area contributed by atoms with E-state index in [1.54, 1.807) is 0 Å². The molecule has 0 saturated heterocycles. The second-order valence-corrected chi connectivity index (χ2v) is 4.74. The van der Waals surface area contributed by atoms with Crippen LogP contribution in [0.3, 0.4) is 0 Å². The lowest BCUT2D eigenvalue weighted by molar-refractivity contribution is -0.122. The van der Waals surface area contributed by atoms with E-state index in [0.29, 0.717) is 24.9 Å². The molecule has 0 aliphatic heterocycles. The van der Waals surface area contributed by atoms with E-state index in [1.807, 2.05) is 6.07 Å². The lowest BCUT2D eigenvalue weighted by atomic mass is 9.76. The van der Waals surface area contributed by atoms with E-state index >= 15 is 0 Å². The first-order valence-corrected chi connectivity index (χ1v) is 6.34. The van der Waals surface area contributed by atoms with Crippen molar-refractivity contribution >= 4 is 5.91 Å². The van der Waals surface area contributed by atoms with Gasteiger partial charge in [0, 0.05) is 12.5 Å². The fraction of sp³-hybridized carbons (Fsp3) is 0.500. The minimum Gasteiger partial charge on any atom is -0.353 e. The van der Waals surface area contributed by atoms with Crippen LogP contribution in [0.25, 0.3) is 0 Å². The maximum absolute atomic E-state index is 11.5. The minimum atomic E-state index is 0.145. The van der Waals surface area contributed by atoms with E-state index in [-0.39, 0.29) is 5.91 Å². The summed E-state index contributed by atoms with van der Waals surface area (Å²) in [6, 6.07) is 10.9. The van der Waals surface area contributed by atoms with E-state index in [4.69, 9.17) is 5.73 Å². The highest BCUT2D eigenvalue weighted by Gasteiger charge is 2.30. The Hall–Kier alpha value is -1.35. The van der Waals surface area contributed by atoms with Gasteiger partial charge < -0.3 is 11.1 Å². The van der Waals surface area contributed by atoms with Crippen molar-refractivity contribution in [2.75, 3.05) is 6.54 Å². The van der Waals surface area contributed by atoms with Crippen molar-refractivity contribution in [1.29, 1.82) is 0 Å². The van der Waals surface area contributed by atoms with Gasteiger partial charge in [0.1, 0.15) is 0 Å². The van der Waals surface area contributed by atoms with Crippen molar-refractivity contribution in [3.05, 3.63) is 35.9 Å². The van der Waals surface area contributed by atoms with Crippen LogP contribution in [0.5, 0.6) is 0 Å². The monoisotopic (exact) mass is 232 g/mol. The summed E-state index contributed by atoms with van der Waals surface area (Å²) in [4.78, 5) is 11.5. The highest BCUT2D eigenvalue weighted by Crippen LogP contribution is 2.36. The Morgan fingerprint density at radius 1 is 1.29 bits per heavy atom. The molecule has 2 rings (SSSR count). The third-order valence-electron chi connectivity index (χ3n) is 3.38. The molecular formula is C14H20N2O. The zero-order valence-electron chi connectivity index (χ0n) is 10.1. The van der Waals surface area contributed by atoms with Gasteiger partial charge in [-0.1, -0.05) is 30.3 Å². The molecule has 17 heavy (non-hydrogen) atoms. The Morgan fingerprint density at radius 2 is 2.00 bits per heavy atom. The molecule has 1 aliphatic carbocycles. The van der Waals surface area contributed by atoms with Gasteiger partial charge in [-0.05, 0) is 37.3 Å². The molecule has 1 fully saturated rings. The quantitative estimate of drug-likeness (QED) is 0.813. The largest absolute Gasteiger partial charge is 0.353 e. The number of amides is 1. The molecule has 1 amide bonds. The van der Waals surface area contributed by atoms with Crippen LogP contribution in [-0.2, 0) is 4.79 Å². The molecule has 1 aromatic carbocycles. The van der Waals surface area contributed by atoms with Crippen molar-refractivity contribution in [2.24, 2.45) is 5.73 Å². The summed E-state index contributed by atoms with van der Waals surface area (Å²) in [5.74, 6) is 0.767. The minimum absolute atomic E-state index is 0.145. The van der Waals surface area contributed by atoms with Crippen LogP contribution in [0.4, 0.5) is 0 Å². The molecular weight excluding hydrogens is 212 g/mol. The molecule has 3 N–H and O–H groups in total. The van der Waals surface area contributed by atoms with E-state index in [2.05, 4.69) is 29.6 Å². The molecule has 0 spiro atoms. The van der Waals surface area contributed by atoms with Gasteiger partial charge in [-0.25, -0.2) is 0 Å². The molecule has 0 bridgehead atoms. The first-order chi connectivity index (χ1) is 8.29. The topological polar surface area (TPSA) is 55.1 Å². The molecule has 3 nitrogen and oxygen atoms in total. The number of nitrogens with two attached hydrogens (primary N) is 1. The third kappa shape index (κ3) is 3.30. The zero-order valence-corrected chi connectivity index (χ0v) is 10.1. The lowest BCUT2D eigenvalue weighted by Gasteiger charge is -2.36. The van der Waals surface area contributed by atoms with Crippen molar-refractivity contribution in [3.8, 4) is 0 Å². The molecule has 0 radical (unpaired) electrons. The molecule has 1 aliphatic rings. The zero-order chi connectivity index (χ0) is 12.1. The molecule has 1 aromatic rings. The van der Waals surface area contributed by atoms with Gasteiger partial charge in [-0.2, -0.15) is 0 Å². The molecule has 0 aromatic heterocycles. The number of nitrogens with one attached hydrogen (secondary N) is 1. The molecule has 0 heterocycles. The Labute approximate surface area is 102 Å². The first kappa shape index (κ1) is 12.1. The maximum atomic E-state index is 11.5. The van der Waals surface area contributed by atoms with E-state index < -0.39 is 0 Å². The number of rotatable bonds is 5. The average Bonchev–Trinajstić information content (AvgIpc) is 2.31. The number of carbonyl (C=O) groups excluding carboxylic acids is 1. The standard InChI is InChI=1S/C14H20N2O/c15-8-4-7-14(17)16-13-9-12(10-13)11-5-2-1-3-6-11/h1-3,5-6,12-13H,4,7-10,15H2,(H,16,17). The van der Waals surface area contributed by atoms with Gasteiger partial charge >= 0.3 is 0 Å². The summed E-state index contributed by atoms with van der Waals surface area (Å²) in [6.07, 6.45) is 3.47. The number of carbonyl (C=O) groups is 1. The van der Waals surface area contributed by atoms with Crippen LogP contribution in [0.2, 0.25) is 0 Å². The number of benzene rings is 1. The maximum Gasteiger partial charge on any atom is 0.220 e. The SMILES string of the molecule is NCCCC(=O)NC1CC(c2ccccc2)C1. The van der Waals surface area contributed by atoms with Crippen molar-refractivity contribution in [1.82, 2.24) is 5.32 Å². The van der Waals surface area contributed by atoms with Gasteiger partial charge in [0.05, 0.1) is 0 Å². The van der Waals surface area contributed by atoms with Crippen LogP contribution in [-0.4, -0.2) is 18.5 Å². The van der Waals surface area contributed by atoms with Gasteiger partial charge in [-0.15, -0.1) is 0 Å². The second kappa shape index (κ2) is 5.82. The van der Waals surface area contributed by atoms with Gasteiger partial charge in [0.15, 0.2) is 0 Å². The molecule has 92 valence electrons. The fourth-order valence-electron chi connectivity index (χ4n) is 2.30. The van der Waals surface area contributed by atoms with Crippen LogP contribution in [0.1, 0.15) is 37.2 Å². The Bertz CT molecular complexity index is 358. The molecule has 3 heteroatoms. The Balaban J connectivity index is 1.71. The van der Waals surface area contributed by atoms with Crippen molar-refractivity contribution < 1.29 is 4.79 Å². The predicted octanol–water partition coefficient (Wildman–Crippen LogP) is 1.79. The fourth-order valence-corrected chi connectivity index (χ4v) is 2.30.